The van der Waals surface area contributed by atoms with Crippen molar-refractivity contribution in [3.05, 3.63) is 89.5 Å². The maximum absolute atomic E-state index is 14.2. The van der Waals surface area contributed by atoms with E-state index >= 15 is 0 Å². The van der Waals surface area contributed by atoms with Crippen LogP contribution in [0, 0.1) is 20.8 Å². The monoisotopic (exact) mass is 320 g/mol. The molecule has 0 atom stereocenters. The summed E-state index contributed by atoms with van der Waals surface area (Å²) in [6, 6.07) is 23.8. The van der Waals surface area contributed by atoms with Crippen LogP contribution < -0.4 is 15.9 Å². The predicted octanol–water partition coefficient (Wildman–Crippen LogP) is 4.25. The minimum Gasteiger partial charge on any atom is -0.309 e. The maximum Gasteiger partial charge on any atom is 0.171 e. The molecule has 0 unspecified atom stereocenters. The zero-order chi connectivity index (χ0) is 16.4. The van der Waals surface area contributed by atoms with Crippen LogP contribution in [-0.2, 0) is 4.57 Å². The number of hydrogen-bond donors (Lipinski definition) is 0. The lowest BCUT2D eigenvalue weighted by molar-refractivity contribution is 0.592. The van der Waals surface area contributed by atoms with Gasteiger partial charge in [0.1, 0.15) is 0 Å². The highest BCUT2D eigenvalue weighted by Crippen LogP contribution is 2.42. The lowest BCUT2D eigenvalue weighted by Gasteiger charge is -2.21. The Morgan fingerprint density at radius 2 is 1.00 bits per heavy atom. The molecule has 0 heterocycles. The Balaban J connectivity index is 2.32. The first-order chi connectivity index (χ1) is 11.0. The van der Waals surface area contributed by atoms with Crippen molar-refractivity contribution in [1.29, 1.82) is 0 Å². The van der Waals surface area contributed by atoms with Crippen molar-refractivity contribution in [2.45, 2.75) is 20.8 Å². The largest absolute Gasteiger partial charge is 0.309 e. The molecule has 0 bridgehead atoms. The van der Waals surface area contributed by atoms with Crippen LogP contribution in [0.15, 0.2) is 72.8 Å². The first-order valence-corrected chi connectivity index (χ1v) is 9.54. The smallest absolute Gasteiger partial charge is 0.171 e. The van der Waals surface area contributed by atoms with Gasteiger partial charge in [-0.1, -0.05) is 60.7 Å². The van der Waals surface area contributed by atoms with Gasteiger partial charge in [-0.15, -0.1) is 0 Å². The van der Waals surface area contributed by atoms with Gasteiger partial charge >= 0.3 is 0 Å². The Bertz CT molecular complexity index is 800. The molecule has 23 heavy (non-hydrogen) atoms. The van der Waals surface area contributed by atoms with E-state index in [0.717, 1.165) is 15.9 Å². The lowest BCUT2D eigenvalue weighted by atomic mass is 10.1. The van der Waals surface area contributed by atoms with Crippen LogP contribution in [0.25, 0.3) is 0 Å². The Morgan fingerprint density at radius 3 is 1.39 bits per heavy atom. The molecule has 3 aromatic rings. The van der Waals surface area contributed by atoms with E-state index in [0.29, 0.717) is 0 Å². The van der Waals surface area contributed by atoms with E-state index in [2.05, 4.69) is 32.9 Å². The van der Waals surface area contributed by atoms with Crippen molar-refractivity contribution in [2.75, 3.05) is 0 Å². The average Bonchev–Trinajstić information content (AvgIpc) is 2.60. The van der Waals surface area contributed by atoms with Gasteiger partial charge in [-0.2, -0.15) is 0 Å². The molecule has 2 heteroatoms. The molecule has 0 radical (unpaired) electrons. The zero-order valence-electron chi connectivity index (χ0n) is 13.8. The highest BCUT2D eigenvalue weighted by Gasteiger charge is 2.30. The normalized spacial score (nSPS) is 11.4. The Kier molecular flexibility index (Phi) is 4.24. The molecule has 3 aromatic carbocycles. The summed E-state index contributed by atoms with van der Waals surface area (Å²) >= 11 is 0. The molecule has 0 spiro atoms. The molecule has 1 nitrogen and oxygen atoms in total. The summed E-state index contributed by atoms with van der Waals surface area (Å²) in [5.74, 6) is 0. The summed E-state index contributed by atoms with van der Waals surface area (Å²) in [7, 11) is -2.85. The number of benzene rings is 3. The van der Waals surface area contributed by atoms with Crippen molar-refractivity contribution in [3.63, 3.8) is 0 Å². The molecule has 0 fully saturated rings. The van der Waals surface area contributed by atoms with Gasteiger partial charge in [-0.25, -0.2) is 0 Å². The van der Waals surface area contributed by atoms with Crippen molar-refractivity contribution in [1.82, 2.24) is 0 Å². The fourth-order valence-electron chi connectivity index (χ4n) is 2.92. The fourth-order valence-corrected chi connectivity index (χ4v) is 5.75. The second-order valence-electron chi connectivity index (χ2n) is 5.98. The third-order valence-electron chi connectivity index (χ3n) is 4.52. The minimum atomic E-state index is -2.85. The van der Waals surface area contributed by atoms with Crippen LogP contribution in [0.4, 0.5) is 0 Å². The van der Waals surface area contributed by atoms with Gasteiger partial charge in [-0.05, 0) is 49.6 Å². The van der Waals surface area contributed by atoms with Crippen LogP contribution >= 0.6 is 7.14 Å². The SMILES string of the molecule is Cc1cc(P(=O)(c2ccccc2)c2ccccc2)cc(C)c1C. The quantitative estimate of drug-likeness (QED) is 0.659. The molecule has 0 aliphatic rings. The van der Waals surface area contributed by atoms with Gasteiger partial charge < -0.3 is 4.57 Å². The minimum absolute atomic E-state index is 0.883. The average molecular weight is 320 g/mol. The Labute approximate surface area is 138 Å². The van der Waals surface area contributed by atoms with Crippen LogP contribution in [0.2, 0.25) is 0 Å². The molecule has 0 saturated heterocycles. The van der Waals surface area contributed by atoms with Gasteiger partial charge in [0.05, 0.1) is 0 Å². The van der Waals surface area contributed by atoms with Crippen LogP contribution in [-0.4, -0.2) is 0 Å². The maximum atomic E-state index is 14.2. The topological polar surface area (TPSA) is 17.1 Å². The van der Waals surface area contributed by atoms with Gasteiger partial charge in [0.15, 0.2) is 7.14 Å². The Morgan fingerprint density at radius 1 is 0.609 bits per heavy atom. The summed E-state index contributed by atoms with van der Waals surface area (Å²) < 4.78 is 14.2. The second kappa shape index (κ2) is 6.18. The first kappa shape index (κ1) is 15.8. The summed E-state index contributed by atoms with van der Waals surface area (Å²) in [5.41, 5.74) is 3.64. The lowest BCUT2D eigenvalue weighted by Crippen LogP contribution is -2.25. The highest BCUT2D eigenvalue weighted by atomic mass is 31.2. The van der Waals surface area contributed by atoms with Crippen molar-refractivity contribution in [2.24, 2.45) is 0 Å². The molecule has 0 saturated carbocycles. The van der Waals surface area contributed by atoms with Crippen LogP contribution in [0.3, 0.4) is 0 Å². The Hall–Kier alpha value is -2.11. The number of hydrogen-bond acceptors (Lipinski definition) is 1. The fraction of sp³-hybridized carbons (Fsp3) is 0.143. The van der Waals surface area contributed by atoms with E-state index in [1.165, 1.54) is 16.7 Å². The van der Waals surface area contributed by atoms with E-state index in [-0.39, 0.29) is 0 Å². The molecular weight excluding hydrogens is 299 g/mol. The molecular formula is C21H21OP. The third kappa shape index (κ3) is 2.78. The summed E-state index contributed by atoms with van der Waals surface area (Å²) in [5, 5.41) is 2.68. The molecule has 0 N–H and O–H groups in total. The van der Waals surface area contributed by atoms with Crippen molar-refractivity contribution < 1.29 is 4.57 Å². The van der Waals surface area contributed by atoms with Gasteiger partial charge in [0.2, 0.25) is 0 Å². The highest BCUT2D eigenvalue weighted by molar-refractivity contribution is 7.85. The predicted molar refractivity (Wildman–Crippen MR) is 100 cm³/mol. The van der Waals surface area contributed by atoms with Crippen LogP contribution in [0.1, 0.15) is 16.7 Å². The number of aryl methyl sites for hydroxylation is 2. The van der Waals surface area contributed by atoms with Gasteiger partial charge in [0, 0.05) is 15.9 Å². The standard InChI is InChI=1S/C21H21OP/c1-16-14-21(15-17(2)18(16)3)23(22,19-10-6-4-7-11-19)20-12-8-5-9-13-20/h4-15H,1-3H3. The van der Waals surface area contributed by atoms with E-state index in [4.69, 9.17) is 0 Å². The molecule has 116 valence electrons. The first-order valence-electron chi connectivity index (χ1n) is 7.83. The van der Waals surface area contributed by atoms with Crippen LogP contribution in [0.5, 0.6) is 0 Å². The summed E-state index contributed by atoms with van der Waals surface area (Å²) in [4.78, 5) is 0. The zero-order valence-corrected chi connectivity index (χ0v) is 14.7. The molecule has 0 amide bonds. The molecule has 0 aromatic heterocycles. The van der Waals surface area contributed by atoms with E-state index in [9.17, 15) is 4.57 Å². The van der Waals surface area contributed by atoms with E-state index < -0.39 is 7.14 Å². The third-order valence-corrected chi connectivity index (χ3v) is 7.55. The molecule has 3 rings (SSSR count). The summed E-state index contributed by atoms with van der Waals surface area (Å²) in [6.45, 7) is 6.29. The van der Waals surface area contributed by atoms with Gasteiger partial charge in [0.25, 0.3) is 0 Å². The van der Waals surface area contributed by atoms with Crippen molar-refractivity contribution in [3.8, 4) is 0 Å². The summed E-state index contributed by atoms with van der Waals surface area (Å²) in [6.07, 6.45) is 0. The van der Waals surface area contributed by atoms with Gasteiger partial charge in [-0.3, -0.25) is 0 Å². The number of rotatable bonds is 3. The molecule has 0 aliphatic carbocycles. The second-order valence-corrected chi connectivity index (χ2v) is 8.75. The molecule has 0 aliphatic heterocycles. The van der Waals surface area contributed by atoms with E-state index in [1.54, 1.807) is 0 Å². The van der Waals surface area contributed by atoms with Crippen molar-refractivity contribution >= 4 is 23.1 Å². The van der Waals surface area contributed by atoms with E-state index in [1.807, 2.05) is 60.7 Å².